The second-order valence-corrected chi connectivity index (χ2v) is 5.60. The summed E-state index contributed by atoms with van der Waals surface area (Å²) in [6.45, 7) is 5.29. The molecule has 21 heavy (non-hydrogen) atoms. The molecule has 0 radical (unpaired) electrons. The van der Waals surface area contributed by atoms with Gasteiger partial charge in [-0.25, -0.2) is 0 Å². The molecule has 0 spiro atoms. The van der Waals surface area contributed by atoms with Crippen LogP contribution in [0, 0.1) is 0 Å². The molecule has 1 aromatic carbocycles. The molecule has 1 aliphatic heterocycles. The summed E-state index contributed by atoms with van der Waals surface area (Å²) in [5, 5.41) is 15.2. The summed E-state index contributed by atoms with van der Waals surface area (Å²) in [6, 6.07) is 3.49. The van der Waals surface area contributed by atoms with Gasteiger partial charge >= 0.3 is 0 Å². The Hall–Kier alpha value is -1.60. The minimum absolute atomic E-state index is 0.0594. The van der Waals surface area contributed by atoms with Crippen LogP contribution in [0.4, 0.5) is 11.4 Å². The number of hydrogen-bond donors (Lipinski definition) is 3. The van der Waals surface area contributed by atoms with Gasteiger partial charge in [0.05, 0.1) is 12.2 Å². The molecule has 0 saturated heterocycles. The molecule has 3 N–H and O–H groups in total. The minimum Gasteiger partial charge on any atom is -0.378 e. The molecule has 7 heteroatoms. The van der Waals surface area contributed by atoms with Gasteiger partial charge in [0.15, 0.2) is 6.10 Å². The third-order valence-corrected chi connectivity index (χ3v) is 3.99. The summed E-state index contributed by atoms with van der Waals surface area (Å²) < 4.78 is 0.739. The van der Waals surface area contributed by atoms with Crippen LogP contribution in [0.2, 0.25) is 0 Å². The fourth-order valence-electron chi connectivity index (χ4n) is 2.29. The molecule has 1 aromatic rings. The molecule has 0 bridgehead atoms. The number of anilines is 2. The molecular weight excluding hydrogens is 338 g/mol. The lowest BCUT2D eigenvalue weighted by atomic mass is 10.1. The van der Waals surface area contributed by atoms with Gasteiger partial charge in [-0.15, -0.1) is 0 Å². The zero-order valence-corrected chi connectivity index (χ0v) is 13.5. The molecule has 0 saturated carbocycles. The Labute approximate surface area is 131 Å². The van der Waals surface area contributed by atoms with Crippen molar-refractivity contribution in [3.05, 3.63) is 22.2 Å². The Kier molecular flexibility index (Phi) is 4.84. The summed E-state index contributed by atoms with van der Waals surface area (Å²) in [6.07, 6.45) is -1.14. The van der Waals surface area contributed by atoms with Crippen LogP contribution in [-0.2, 0) is 9.59 Å². The van der Waals surface area contributed by atoms with Crippen LogP contribution in [0.3, 0.4) is 0 Å². The van der Waals surface area contributed by atoms with Crippen LogP contribution in [0.1, 0.15) is 25.5 Å². The predicted molar refractivity (Wildman–Crippen MR) is 84.3 cm³/mol. The molecule has 0 aromatic heterocycles. The highest BCUT2D eigenvalue weighted by Crippen LogP contribution is 2.38. The van der Waals surface area contributed by atoms with Crippen molar-refractivity contribution in [2.45, 2.75) is 20.0 Å². The molecule has 0 aliphatic carbocycles. The van der Waals surface area contributed by atoms with Gasteiger partial charge in [0.2, 0.25) is 5.91 Å². The van der Waals surface area contributed by atoms with Crippen LogP contribution in [0.15, 0.2) is 16.6 Å². The third kappa shape index (κ3) is 3.19. The Balaban J connectivity index is 2.29. The van der Waals surface area contributed by atoms with Gasteiger partial charge in [-0.05, 0) is 41.9 Å². The highest BCUT2D eigenvalue weighted by molar-refractivity contribution is 9.10. The molecule has 0 fully saturated rings. The zero-order chi connectivity index (χ0) is 15.6. The van der Waals surface area contributed by atoms with E-state index in [4.69, 9.17) is 0 Å². The van der Waals surface area contributed by atoms with E-state index in [0.717, 1.165) is 10.2 Å². The number of benzene rings is 1. The summed E-state index contributed by atoms with van der Waals surface area (Å²) in [4.78, 5) is 25.2. The lowest BCUT2D eigenvalue weighted by Gasteiger charge is -2.24. The first-order valence-corrected chi connectivity index (χ1v) is 7.61. The van der Waals surface area contributed by atoms with Gasteiger partial charge < -0.3 is 20.6 Å². The van der Waals surface area contributed by atoms with Crippen molar-refractivity contribution in [2.75, 3.05) is 29.9 Å². The van der Waals surface area contributed by atoms with E-state index in [0.29, 0.717) is 24.3 Å². The maximum atomic E-state index is 11.8. The van der Waals surface area contributed by atoms with Crippen molar-refractivity contribution in [1.29, 1.82) is 0 Å². The molecular formula is C14H18BrN3O3. The number of aliphatic hydroxyl groups is 1. The zero-order valence-electron chi connectivity index (χ0n) is 11.9. The average molecular weight is 356 g/mol. The topological polar surface area (TPSA) is 81.7 Å². The van der Waals surface area contributed by atoms with E-state index in [1.165, 1.54) is 0 Å². The number of carbonyl (C=O) groups is 2. The quantitative estimate of drug-likeness (QED) is 0.745. The monoisotopic (exact) mass is 355 g/mol. The number of halogens is 1. The second kappa shape index (κ2) is 6.44. The van der Waals surface area contributed by atoms with Gasteiger partial charge in [0.25, 0.3) is 5.91 Å². The average Bonchev–Trinajstić information content (AvgIpc) is 2.71. The van der Waals surface area contributed by atoms with Gasteiger partial charge in [-0.3, -0.25) is 9.59 Å². The molecule has 1 aliphatic rings. The fourth-order valence-corrected chi connectivity index (χ4v) is 2.90. The predicted octanol–water partition coefficient (Wildman–Crippen LogP) is 1.40. The first kappa shape index (κ1) is 15.8. The number of aliphatic hydroxyl groups excluding tert-OH is 1. The second-order valence-electron chi connectivity index (χ2n) is 4.75. The highest BCUT2D eigenvalue weighted by atomic mass is 79.9. The summed E-state index contributed by atoms with van der Waals surface area (Å²) in [5.74, 6) is -0.489. The van der Waals surface area contributed by atoms with E-state index in [1.54, 1.807) is 12.1 Å². The van der Waals surface area contributed by atoms with E-state index in [9.17, 15) is 14.7 Å². The molecule has 6 nitrogen and oxygen atoms in total. The fraction of sp³-hybridized carbons (Fsp3) is 0.429. The smallest absolute Gasteiger partial charge is 0.257 e. The van der Waals surface area contributed by atoms with Crippen LogP contribution >= 0.6 is 15.9 Å². The molecule has 1 atom stereocenters. The normalized spacial score (nSPS) is 16.4. The largest absolute Gasteiger partial charge is 0.378 e. The number of carbonyl (C=O) groups excluding carboxylic acids is 2. The summed E-state index contributed by atoms with van der Waals surface area (Å²) in [7, 11) is 0. The van der Waals surface area contributed by atoms with E-state index in [2.05, 4.69) is 26.6 Å². The lowest BCUT2D eigenvalue weighted by Crippen LogP contribution is -2.37. The van der Waals surface area contributed by atoms with Crippen molar-refractivity contribution >= 4 is 39.1 Å². The number of rotatable bonds is 5. The standard InChI is InChI=1S/C14H18BrN3O3/c1-3-16-12(19)7-18(4-2)11-6-10-8(5-9(11)15)13(20)14(21)17-10/h5-6,13,20H,3-4,7H2,1-2H3,(H,16,19)(H,17,21). The Morgan fingerprint density at radius 1 is 1.48 bits per heavy atom. The lowest BCUT2D eigenvalue weighted by molar-refractivity contribution is -0.123. The molecule has 2 amide bonds. The number of hydrogen-bond acceptors (Lipinski definition) is 4. The Morgan fingerprint density at radius 3 is 2.81 bits per heavy atom. The van der Waals surface area contributed by atoms with Gasteiger partial charge in [-0.2, -0.15) is 0 Å². The summed E-state index contributed by atoms with van der Waals surface area (Å²) in [5.41, 5.74) is 1.93. The first-order valence-electron chi connectivity index (χ1n) is 6.81. The molecule has 114 valence electrons. The van der Waals surface area contributed by atoms with E-state index in [-0.39, 0.29) is 12.5 Å². The van der Waals surface area contributed by atoms with Gasteiger partial charge in [0.1, 0.15) is 0 Å². The SMILES string of the molecule is CCNC(=O)CN(CC)c1cc2c(cc1Br)C(O)C(=O)N2. The molecule has 1 heterocycles. The molecule has 2 rings (SSSR count). The van der Waals surface area contributed by atoms with E-state index >= 15 is 0 Å². The van der Waals surface area contributed by atoms with Crippen LogP contribution in [0.25, 0.3) is 0 Å². The highest BCUT2D eigenvalue weighted by Gasteiger charge is 2.30. The van der Waals surface area contributed by atoms with Crippen LogP contribution in [0.5, 0.6) is 0 Å². The first-order chi connectivity index (χ1) is 9.97. The number of likely N-dealkylation sites (N-methyl/N-ethyl adjacent to an activating group) is 2. The van der Waals surface area contributed by atoms with Crippen LogP contribution < -0.4 is 15.5 Å². The van der Waals surface area contributed by atoms with Crippen molar-refractivity contribution in [1.82, 2.24) is 5.32 Å². The number of amides is 2. The van der Waals surface area contributed by atoms with Crippen molar-refractivity contribution < 1.29 is 14.7 Å². The number of nitrogens with one attached hydrogen (secondary N) is 2. The summed E-state index contributed by atoms with van der Waals surface area (Å²) >= 11 is 3.44. The van der Waals surface area contributed by atoms with E-state index < -0.39 is 12.0 Å². The minimum atomic E-state index is -1.14. The molecule has 1 unspecified atom stereocenters. The van der Waals surface area contributed by atoms with Crippen molar-refractivity contribution in [2.24, 2.45) is 0 Å². The van der Waals surface area contributed by atoms with Crippen LogP contribution in [-0.4, -0.2) is 36.6 Å². The number of fused-ring (bicyclic) bond motifs is 1. The maximum absolute atomic E-state index is 11.8. The Bertz CT molecular complexity index is 577. The van der Waals surface area contributed by atoms with E-state index in [1.807, 2.05) is 18.7 Å². The van der Waals surface area contributed by atoms with Crippen molar-refractivity contribution in [3.8, 4) is 0 Å². The van der Waals surface area contributed by atoms with Gasteiger partial charge in [0, 0.05) is 28.8 Å². The third-order valence-electron chi connectivity index (χ3n) is 3.35. The number of nitrogens with zero attached hydrogens (tertiary/aromatic N) is 1. The maximum Gasteiger partial charge on any atom is 0.257 e. The van der Waals surface area contributed by atoms with Crippen molar-refractivity contribution in [3.63, 3.8) is 0 Å². The van der Waals surface area contributed by atoms with Gasteiger partial charge in [-0.1, -0.05) is 0 Å². The Morgan fingerprint density at radius 2 is 2.19 bits per heavy atom.